The van der Waals surface area contributed by atoms with Gasteiger partial charge in [-0.15, -0.1) is 0 Å². The summed E-state index contributed by atoms with van der Waals surface area (Å²) in [6.45, 7) is 5.10. The summed E-state index contributed by atoms with van der Waals surface area (Å²) in [7, 11) is 0. The molecule has 3 aromatic carbocycles. The van der Waals surface area contributed by atoms with Crippen molar-refractivity contribution in [2.75, 3.05) is 36.1 Å². The average Bonchev–Trinajstić information content (AvgIpc) is 3.67. The van der Waals surface area contributed by atoms with E-state index in [1.165, 1.54) is 5.56 Å². The quantitative estimate of drug-likeness (QED) is 0.315. The number of hydrogen-bond acceptors (Lipinski definition) is 6. The van der Waals surface area contributed by atoms with Crippen LogP contribution in [0.5, 0.6) is 0 Å². The molecule has 2 aliphatic rings. The number of nitrogen functional groups attached to an aromatic ring is 1. The van der Waals surface area contributed by atoms with Crippen molar-refractivity contribution in [3.8, 4) is 0 Å². The van der Waals surface area contributed by atoms with E-state index < -0.39 is 6.09 Å². The van der Waals surface area contributed by atoms with Gasteiger partial charge in [-0.05, 0) is 53.9 Å². The van der Waals surface area contributed by atoms with Crippen molar-refractivity contribution < 1.29 is 19.1 Å². The van der Waals surface area contributed by atoms with Gasteiger partial charge in [-0.25, -0.2) is 4.79 Å². The summed E-state index contributed by atoms with van der Waals surface area (Å²) in [5, 5.41) is 9.13. The molecule has 192 valence electrons. The maximum atomic E-state index is 12.4. The van der Waals surface area contributed by atoms with Gasteiger partial charge in [-0.3, -0.25) is 10.1 Å². The van der Waals surface area contributed by atoms with Crippen LogP contribution in [0, 0.1) is 5.41 Å². The van der Waals surface area contributed by atoms with Crippen molar-refractivity contribution in [1.29, 1.82) is 0 Å². The number of carbonyl (C=O) groups excluding carboxylic acids is 2. The Morgan fingerprint density at radius 3 is 2.41 bits per heavy atom. The van der Waals surface area contributed by atoms with E-state index in [1.54, 1.807) is 48.5 Å². The highest BCUT2D eigenvalue weighted by molar-refractivity contribution is 6.06. The molecule has 5 rings (SSSR count). The number of nitrogens with one attached hydrogen (secondary N) is 3. The zero-order chi connectivity index (χ0) is 25.8. The molecule has 1 unspecified atom stereocenters. The van der Waals surface area contributed by atoms with E-state index in [9.17, 15) is 9.59 Å². The minimum atomic E-state index is -0.557. The smallest absolute Gasteiger partial charge is 0.411 e. The molecule has 1 aliphatic heterocycles. The molecular formula is C29H32N4O4. The highest BCUT2D eigenvalue weighted by Crippen LogP contribution is 2.41. The molecule has 3 aromatic rings. The maximum absolute atomic E-state index is 12.4. The van der Waals surface area contributed by atoms with Gasteiger partial charge in [0.15, 0.2) is 0 Å². The van der Waals surface area contributed by atoms with Gasteiger partial charge in [0.05, 0.1) is 24.6 Å². The Bertz CT molecular complexity index is 1260. The van der Waals surface area contributed by atoms with Gasteiger partial charge in [0.1, 0.15) is 6.61 Å². The summed E-state index contributed by atoms with van der Waals surface area (Å²) in [6.07, 6.45) is 0.592. The highest BCUT2D eigenvalue weighted by Gasteiger charge is 2.41. The lowest BCUT2D eigenvalue weighted by atomic mass is 9.89. The summed E-state index contributed by atoms with van der Waals surface area (Å²) < 4.78 is 10.7. The second-order valence-electron chi connectivity index (χ2n) is 10.2. The first-order valence-corrected chi connectivity index (χ1v) is 12.5. The summed E-state index contributed by atoms with van der Waals surface area (Å²) in [5.74, 6) is 0.254. The highest BCUT2D eigenvalue weighted by atomic mass is 16.5. The fourth-order valence-electron chi connectivity index (χ4n) is 4.39. The zero-order valence-corrected chi connectivity index (χ0v) is 20.8. The number of para-hydroxylation sites is 2. The number of anilines is 3. The van der Waals surface area contributed by atoms with Crippen molar-refractivity contribution in [3.05, 3.63) is 89.5 Å². The lowest BCUT2D eigenvalue weighted by Crippen LogP contribution is -2.47. The van der Waals surface area contributed by atoms with E-state index in [-0.39, 0.29) is 17.9 Å². The number of amides is 2. The van der Waals surface area contributed by atoms with Crippen LogP contribution in [0.3, 0.4) is 0 Å². The molecule has 2 atom stereocenters. The molecule has 0 bridgehead atoms. The summed E-state index contributed by atoms with van der Waals surface area (Å²) in [5.41, 5.74) is 10.4. The average molecular weight is 501 g/mol. The summed E-state index contributed by atoms with van der Waals surface area (Å²) >= 11 is 0. The molecule has 8 heteroatoms. The molecule has 2 fully saturated rings. The van der Waals surface area contributed by atoms with E-state index in [4.69, 9.17) is 15.2 Å². The first-order chi connectivity index (χ1) is 17.9. The van der Waals surface area contributed by atoms with E-state index in [0.29, 0.717) is 34.6 Å². The Balaban J connectivity index is 1.05. The number of hydrogen-bond donors (Lipinski definition) is 4. The van der Waals surface area contributed by atoms with Crippen LogP contribution in [0.25, 0.3) is 0 Å². The molecule has 0 radical (unpaired) electrons. The predicted molar refractivity (Wildman–Crippen MR) is 144 cm³/mol. The number of ether oxygens (including phenoxy) is 2. The van der Waals surface area contributed by atoms with E-state index in [0.717, 1.165) is 31.7 Å². The van der Waals surface area contributed by atoms with Gasteiger partial charge in [-0.2, -0.15) is 0 Å². The van der Waals surface area contributed by atoms with Crippen LogP contribution in [-0.2, 0) is 16.1 Å². The third-order valence-electron chi connectivity index (χ3n) is 6.86. The van der Waals surface area contributed by atoms with Gasteiger partial charge in [0, 0.05) is 35.2 Å². The van der Waals surface area contributed by atoms with Crippen LogP contribution >= 0.6 is 0 Å². The topological polar surface area (TPSA) is 115 Å². The Morgan fingerprint density at radius 2 is 1.73 bits per heavy atom. The van der Waals surface area contributed by atoms with Gasteiger partial charge in [-0.1, -0.05) is 43.3 Å². The van der Waals surface area contributed by atoms with Crippen LogP contribution < -0.4 is 21.7 Å². The lowest BCUT2D eigenvalue weighted by Gasteiger charge is -2.38. The van der Waals surface area contributed by atoms with Crippen LogP contribution in [0.2, 0.25) is 0 Å². The molecule has 1 saturated heterocycles. The molecule has 0 aromatic heterocycles. The third kappa shape index (κ3) is 6.28. The van der Waals surface area contributed by atoms with Crippen LogP contribution in [0.4, 0.5) is 21.9 Å². The molecule has 1 heterocycles. The van der Waals surface area contributed by atoms with Crippen molar-refractivity contribution in [2.24, 2.45) is 5.41 Å². The molecule has 0 spiro atoms. The molecule has 37 heavy (non-hydrogen) atoms. The molecule has 2 amide bonds. The van der Waals surface area contributed by atoms with Gasteiger partial charge < -0.3 is 25.8 Å². The second-order valence-corrected chi connectivity index (χ2v) is 10.2. The van der Waals surface area contributed by atoms with Crippen LogP contribution in [-0.4, -0.2) is 37.8 Å². The number of nitrogens with two attached hydrogens (primary N) is 1. The minimum Gasteiger partial charge on any atom is -0.444 e. The SMILES string of the molecule is CC1(CN[C@H]2CC2c2ccc(COC(=O)Nc3ccc(C(=O)Nc4ccccc4N)cc3)cc2)COC1. The maximum Gasteiger partial charge on any atom is 0.411 e. The first-order valence-electron chi connectivity index (χ1n) is 12.5. The lowest BCUT2D eigenvalue weighted by molar-refractivity contribution is -0.0992. The molecule has 1 aliphatic carbocycles. The second kappa shape index (κ2) is 10.6. The minimum absolute atomic E-state index is 0.176. The Kier molecular flexibility index (Phi) is 7.12. The summed E-state index contributed by atoms with van der Waals surface area (Å²) in [4.78, 5) is 24.7. The van der Waals surface area contributed by atoms with Crippen molar-refractivity contribution in [1.82, 2.24) is 5.32 Å². The van der Waals surface area contributed by atoms with Gasteiger partial charge in [0.25, 0.3) is 5.91 Å². The predicted octanol–water partition coefficient (Wildman–Crippen LogP) is 4.75. The summed E-state index contributed by atoms with van der Waals surface area (Å²) in [6, 6.07) is 22.4. The van der Waals surface area contributed by atoms with Crippen molar-refractivity contribution in [3.63, 3.8) is 0 Å². The fourth-order valence-corrected chi connectivity index (χ4v) is 4.39. The van der Waals surface area contributed by atoms with E-state index in [1.807, 2.05) is 12.1 Å². The van der Waals surface area contributed by atoms with Crippen molar-refractivity contribution in [2.45, 2.75) is 31.9 Å². The Morgan fingerprint density at radius 1 is 1.00 bits per heavy atom. The third-order valence-corrected chi connectivity index (χ3v) is 6.86. The standard InChI is InChI=1S/C29H32N4O4/c1-29(17-36-18-29)16-31-26-14-23(26)20-8-6-19(7-9-20)15-37-28(35)32-22-12-10-21(11-13-22)27(34)33-25-5-3-2-4-24(25)30/h2-13,23,26,31H,14-18,30H2,1H3,(H,32,35)(H,33,34)/t23?,26-/m0/s1. The van der Waals surface area contributed by atoms with E-state index >= 15 is 0 Å². The van der Waals surface area contributed by atoms with Crippen LogP contribution in [0.15, 0.2) is 72.8 Å². The Hall–Kier alpha value is -3.88. The number of carbonyl (C=O) groups is 2. The molecule has 1 saturated carbocycles. The number of benzene rings is 3. The molecule has 8 nitrogen and oxygen atoms in total. The largest absolute Gasteiger partial charge is 0.444 e. The van der Waals surface area contributed by atoms with Crippen LogP contribution in [0.1, 0.15) is 40.7 Å². The first kappa shape index (κ1) is 24.8. The molecule has 5 N–H and O–H groups in total. The van der Waals surface area contributed by atoms with E-state index in [2.05, 4.69) is 35.0 Å². The fraction of sp³-hybridized carbons (Fsp3) is 0.310. The number of rotatable bonds is 9. The Labute approximate surface area is 216 Å². The van der Waals surface area contributed by atoms with Crippen molar-refractivity contribution >= 4 is 29.1 Å². The normalized spacial score (nSPS) is 19.4. The van der Waals surface area contributed by atoms with Gasteiger partial charge in [0.2, 0.25) is 0 Å². The van der Waals surface area contributed by atoms with Gasteiger partial charge >= 0.3 is 6.09 Å². The zero-order valence-electron chi connectivity index (χ0n) is 20.8. The monoisotopic (exact) mass is 500 g/mol. The molecular weight excluding hydrogens is 468 g/mol.